The van der Waals surface area contributed by atoms with Gasteiger partial charge in [0, 0.05) is 12.0 Å². The van der Waals surface area contributed by atoms with E-state index in [9.17, 15) is 9.18 Å². The predicted octanol–water partition coefficient (Wildman–Crippen LogP) is 3.36. The van der Waals surface area contributed by atoms with Crippen LogP contribution in [0, 0.1) is 17.2 Å². The van der Waals surface area contributed by atoms with Crippen molar-refractivity contribution in [1.82, 2.24) is 5.32 Å². The van der Waals surface area contributed by atoms with Crippen LogP contribution in [0.5, 0.6) is 5.75 Å². The molecule has 1 aromatic carbocycles. The van der Waals surface area contributed by atoms with Gasteiger partial charge in [-0.25, -0.2) is 4.39 Å². The molecule has 1 aromatic rings. The molecule has 2 N–H and O–H groups in total. The zero-order valence-electron chi connectivity index (χ0n) is 13.4. The highest BCUT2D eigenvalue weighted by Crippen LogP contribution is 2.58. The second kappa shape index (κ2) is 7.49. The van der Waals surface area contributed by atoms with Crippen LogP contribution < -0.4 is 15.4 Å². The van der Waals surface area contributed by atoms with Gasteiger partial charge in [-0.1, -0.05) is 6.92 Å². The maximum Gasteiger partial charge on any atom is 0.228 e. The fourth-order valence-corrected chi connectivity index (χ4v) is 3.35. The Morgan fingerprint density at radius 2 is 2.17 bits per heavy atom. The summed E-state index contributed by atoms with van der Waals surface area (Å²) in [5.74, 6) is 0.175. The van der Waals surface area contributed by atoms with Gasteiger partial charge in [-0.3, -0.25) is 4.79 Å². The molecule has 1 spiro atoms. The first-order valence-electron chi connectivity index (χ1n) is 8.08. The number of rotatable bonds is 5. The standard InChI is InChI=1S/C17H23FN2O2.ClH/c1-2-9-22-15-10-12(18)3-4-14(15)20-16(21)13-11-17(13)5-7-19-8-6-17;/h3-4,10,13,19H,2,5-9,11H2,1H3,(H,20,21);1H. The van der Waals surface area contributed by atoms with E-state index in [0.29, 0.717) is 18.0 Å². The molecule has 1 unspecified atom stereocenters. The molecule has 1 heterocycles. The van der Waals surface area contributed by atoms with E-state index < -0.39 is 0 Å². The summed E-state index contributed by atoms with van der Waals surface area (Å²) in [6.45, 7) is 4.48. The van der Waals surface area contributed by atoms with Crippen LogP contribution in [0.4, 0.5) is 10.1 Å². The minimum Gasteiger partial charge on any atom is -0.491 e. The topological polar surface area (TPSA) is 50.4 Å². The smallest absolute Gasteiger partial charge is 0.228 e. The van der Waals surface area contributed by atoms with Gasteiger partial charge in [0.1, 0.15) is 11.6 Å². The van der Waals surface area contributed by atoms with Gasteiger partial charge in [0.05, 0.1) is 12.3 Å². The van der Waals surface area contributed by atoms with Gasteiger partial charge in [0.15, 0.2) is 0 Å². The van der Waals surface area contributed by atoms with Crippen molar-refractivity contribution in [2.24, 2.45) is 11.3 Å². The molecular weight excluding hydrogens is 319 g/mol. The normalized spacial score (nSPS) is 21.4. The van der Waals surface area contributed by atoms with Crippen LogP contribution in [0.1, 0.15) is 32.6 Å². The Balaban J connectivity index is 0.00000192. The molecule has 0 aromatic heterocycles. The number of carbonyl (C=O) groups excluding carboxylic acids is 1. The Bertz CT molecular complexity index is 562. The van der Waals surface area contributed by atoms with Crippen LogP contribution in [-0.4, -0.2) is 25.6 Å². The van der Waals surface area contributed by atoms with Crippen LogP contribution in [0.3, 0.4) is 0 Å². The first kappa shape index (κ1) is 18.0. The van der Waals surface area contributed by atoms with E-state index in [1.807, 2.05) is 6.92 Å². The van der Waals surface area contributed by atoms with E-state index in [-0.39, 0.29) is 35.5 Å². The zero-order valence-corrected chi connectivity index (χ0v) is 14.2. The molecule has 3 rings (SSSR count). The number of anilines is 1. The van der Waals surface area contributed by atoms with Crippen molar-refractivity contribution in [3.63, 3.8) is 0 Å². The lowest BCUT2D eigenvalue weighted by atomic mass is 9.92. The molecule has 0 radical (unpaired) electrons. The molecular formula is C17H24ClFN2O2. The Labute approximate surface area is 142 Å². The predicted molar refractivity (Wildman–Crippen MR) is 90.7 cm³/mol. The molecule has 1 aliphatic heterocycles. The third-order valence-corrected chi connectivity index (χ3v) is 4.77. The van der Waals surface area contributed by atoms with Crippen LogP contribution in [0.2, 0.25) is 0 Å². The van der Waals surface area contributed by atoms with Crippen molar-refractivity contribution in [2.75, 3.05) is 25.0 Å². The molecule has 2 fully saturated rings. The SMILES string of the molecule is CCCOc1cc(F)ccc1NC(=O)C1CC12CCNCC2.Cl. The van der Waals surface area contributed by atoms with Gasteiger partial charge in [0.25, 0.3) is 0 Å². The van der Waals surface area contributed by atoms with Crippen molar-refractivity contribution in [3.05, 3.63) is 24.0 Å². The molecule has 4 nitrogen and oxygen atoms in total. The van der Waals surface area contributed by atoms with Crippen LogP contribution in [0.15, 0.2) is 18.2 Å². The lowest BCUT2D eigenvalue weighted by Gasteiger charge is -2.23. The molecule has 23 heavy (non-hydrogen) atoms. The average Bonchev–Trinajstić information content (AvgIpc) is 3.21. The summed E-state index contributed by atoms with van der Waals surface area (Å²) in [5.41, 5.74) is 0.760. The molecule has 6 heteroatoms. The zero-order chi connectivity index (χ0) is 15.6. The van der Waals surface area contributed by atoms with Crippen LogP contribution in [-0.2, 0) is 4.79 Å². The molecule has 1 saturated carbocycles. The molecule has 1 saturated heterocycles. The summed E-state index contributed by atoms with van der Waals surface area (Å²) >= 11 is 0. The van der Waals surface area contributed by atoms with Crippen molar-refractivity contribution in [3.8, 4) is 5.75 Å². The summed E-state index contributed by atoms with van der Waals surface area (Å²) in [5, 5.41) is 6.26. The van der Waals surface area contributed by atoms with Crippen molar-refractivity contribution < 1.29 is 13.9 Å². The molecule has 1 atom stereocenters. The number of carbonyl (C=O) groups is 1. The summed E-state index contributed by atoms with van der Waals surface area (Å²) in [6, 6.07) is 4.26. The molecule has 2 aliphatic rings. The largest absolute Gasteiger partial charge is 0.491 e. The van der Waals surface area contributed by atoms with E-state index in [1.54, 1.807) is 6.07 Å². The lowest BCUT2D eigenvalue weighted by Crippen LogP contribution is -2.31. The molecule has 0 bridgehead atoms. The highest BCUT2D eigenvalue weighted by atomic mass is 35.5. The second-order valence-corrected chi connectivity index (χ2v) is 6.35. The van der Waals surface area contributed by atoms with E-state index in [0.717, 1.165) is 38.8 Å². The number of piperidine rings is 1. The minimum atomic E-state index is -0.356. The maximum absolute atomic E-state index is 13.4. The maximum atomic E-state index is 13.4. The van der Waals surface area contributed by atoms with E-state index in [2.05, 4.69) is 10.6 Å². The number of halogens is 2. The summed E-state index contributed by atoms with van der Waals surface area (Å²) in [7, 11) is 0. The Morgan fingerprint density at radius 3 is 2.87 bits per heavy atom. The fourth-order valence-electron chi connectivity index (χ4n) is 3.35. The third-order valence-electron chi connectivity index (χ3n) is 4.77. The highest BCUT2D eigenvalue weighted by Gasteiger charge is 2.57. The van der Waals surface area contributed by atoms with Crippen molar-refractivity contribution in [2.45, 2.75) is 32.6 Å². The summed E-state index contributed by atoms with van der Waals surface area (Å²) < 4.78 is 18.9. The summed E-state index contributed by atoms with van der Waals surface area (Å²) in [6.07, 6.45) is 3.93. The van der Waals surface area contributed by atoms with Gasteiger partial charge in [-0.2, -0.15) is 0 Å². The first-order valence-corrected chi connectivity index (χ1v) is 8.08. The van der Waals surface area contributed by atoms with E-state index >= 15 is 0 Å². The van der Waals surface area contributed by atoms with Gasteiger partial charge in [0.2, 0.25) is 5.91 Å². The van der Waals surface area contributed by atoms with Gasteiger partial charge < -0.3 is 15.4 Å². The number of benzene rings is 1. The van der Waals surface area contributed by atoms with Gasteiger partial charge in [-0.05, 0) is 56.3 Å². The molecule has 1 amide bonds. The van der Waals surface area contributed by atoms with Crippen LogP contribution in [0.25, 0.3) is 0 Å². The quantitative estimate of drug-likeness (QED) is 0.862. The van der Waals surface area contributed by atoms with E-state index in [4.69, 9.17) is 4.74 Å². The van der Waals surface area contributed by atoms with E-state index in [1.165, 1.54) is 12.1 Å². The number of hydrogen-bond acceptors (Lipinski definition) is 3. The number of amides is 1. The number of ether oxygens (including phenoxy) is 1. The number of nitrogens with one attached hydrogen (secondary N) is 2. The Hall–Kier alpha value is -1.33. The Morgan fingerprint density at radius 1 is 1.43 bits per heavy atom. The van der Waals surface area contributed by atoms with Crippen molar-refractivity contribution >= 4 is 24.0 Å². The highest BCUT2D eigenvalue weighted by molar-refractivity contribution is 5.96. The number of hydrogen-bond donors (Lipinski definition) is 2. The van der Waals surface area contributed by atoms with Crippen molar-refractivity contribution in [1.29, 1.82) is 0 Å². The fraction of sp³-hybridized carbons (Fsp3) is 0.588. The summed E-state index contributed by atoms with van der Waals surface area (Å²) in [4.78, 5) is 12.5. The average molecular weight is 343 g/mol. The Kier molecular flexibility index (Phi) is 5.87. The minimum absolute atomic E-state index is 0. The monoisotopic (exact) mass is 342 g/mol. The van der Waals surface area contributed by atoms with Gasteiger partial charge in [-0.15, -0.1) is 12.4 Å². The lowest BCUT2D eigenvalue weighted by molar-refractivity contribution is -0.118. The molecule has 128 valence electrons. The second-order valence-electron chi connectivity index (χ2n) is 6.35. The van der Waals surface area contributed by atoms with Gasteiger partial charge >= 0.3 is 0 Å². The first-order chi connectivity index (χ1) is 10.6. The van der Waals surface area contributed by atoms with Crippen LogP contribution >= 0.6 is 12.4 Å². The molecule has 1 aliphatic carbocycles. The third kappa shape index (κ3) is 3.96.